The van der Waals surface area contributed by atoms with Gasteiger partial charge in [-0.05, 0) is 48.6 Å². The number of thioether (sulfide) groups is 1. The van der Waals surface area contributed by atoms with Crippen molar-refractivity contribution >= 4 is 23.7 Å². The highest BCUT2D eigenvalue weighted by atomic mass is 32.2. The van der Waals surface area contributed by atoms with Crippen LogP contribution in [0.4, 0.5) is 9.18 Å². The van der Waals surface area contributed by atoms with Gasteiger partial charge < -0.3 is 5.32 Å². The van der Waals surface area contributed by atoms with Gasteiger partial charge in [0.2, 0.25) is 0 Å². The summed E-state index contributed by atoms with van der Waals surface area (Å²) in [7, 11) is 0. The Hall–Kier alpha value is -2.42. The van der Waals surface area contributed by atoms with Crippen molar-refractivity contribution in [3.05, 3.63) is 42.0 Å². The summed E-state index contributed by atoms with van der Waals surface area (Å²) in [4.78, 5) is 26.2. The summed E-state index contributed by atoms with van der Waals surface area (Å²) in [5.41, 5.74) is 0.392. The highest BCUT2D eigenvalue weighted by Gasteiger charge is 2.51. The van der Waals surface area contributed by atoms with E-state index in [0.29, 0.717) is 24.2 Å². The van der Waals surface area contributed by atoms with Crippen LogP contribution in [0.2, 0.25) is 0 Å². The first-order valence-electron chi connectivity index (χ1n) is 7.96. The Morgan fingerprint density at radius 2 is 1.92 bits per heavy atom. The number of carbonyl (C=O) groups excluding carboxylic acids is 2. The van der Waals surface area contributed by atoms with Gasteiger partial charge in [-0.1, -0.05) is 5.21 Å². The fraction of sp³-hybridized carbons (Fsp3) is 0.375. The fourth-order valence-corrected chi connectivity index (χ4v) is 4.32. The summed E-state index contributed by atoms with van der Waals surface area (Å²) in [6, 6.07) is 5.44. The summed E-state index contributed by atoms with van der Waals surface area (Å²) in [5, 5.41) is 10.9. The molecule has 130 valence electrons. The number of halogens is 1. The molecule has 2 fully saturated rings. The third kappa shape index (κ3) is 2.88. The lowest BCUT2D eigenvalue weighted by Gasteiger charge is -2.30. The van der Waals surface area contributed by atoms with Gasteiger partial charge in [0, 0.05) is 0 Å². The molecule has 0 bridgehead atoms. The van der Waals surface area contributed by atoms with E-state index in [9.17, 15) is 14.0 Å². The molecule has 7 nitrogen and oxygen atoms in total. The fourth-order valence-electron chi connectivity index (χ4n) is 3.13. The maximum absolute atomic E-state index is 13.0. The van der Waals surface area contributed by atoms with Gasteiger partial charge in [0.1, 0.15) is 17.1 Å². The molecule has 0 atom stereocenters. The van der Waals surface area contributed by atoms with Crippen molar-refractivity contribution in [3.63, 3.8) is 0 Å². The number of urea groups is 1. The molecule has 25 heavy (non-hydrogen) atoms. The zero-order chi connectivity index (χ0) is 17.4. The zero-order valence-electron chi connectivity index (χ0n) is 13.3. The summed E-state index contributed by atoms with van der Waals surface area (Å²) in [6.45, 7) is 0.0702. The minimum absolute atomic E-state index is 0.0702. The minimum Gasteiger partial charge on any atom is -0.323 e. The number of nitrogens with one attached hydrogen (secondary N) is 1. The molecule has 2 aliphatic heterocycles. The van der Waals surface area contributed by atoms with Gasteiger partial charge in [-0.2, -0.15) is 11.8 Å². The molecule has 2 saturated heterocycles. The van der Waals surface area contributed by atoms with Crippen LogP contribution in [0.3, 0.4) is 0 Å². The Balaban J connectivity index is 1.51. The van der Waals surface area contributed by atoms with E-state index in [1.54, 1.807) is 30.1 Å². The Morgan fingerprint density at radius 3 is 2.64 bits per heavy atom. The first-order chi connectivity index (χ1) is 12.1. The molecule has 9 heteroatoms. The Bertz CT molecular complexity index is 816. The zero-order valence-corrected chi connectivity index (χ0v) is 14.1. The summed E-state index contributed by atoms with van der Waals surface area (Å²) < 4.78 is 14.5. The molecule has 1 aromatic heterocycles. The predicted octanol–water partition coefficient (Wildman–Crippen LogP) is 1.72. The van der Waals surface area contributed by atoms with Crippen molar-refractivity contribution in [2.24, 2.45) is 0 Å². The van der Waals surface area contributed by atoms with Crippen LogP contribution in [-0.4, -0.2) is 48.9 Å². The maximum atomic E-state index is 13.0. The molecular weight excluding hydrogens is 345 g/mol. The van der Waals surface area contributed by atoms with E-state index < -0.39 is 5.54 Å². The SMILES string of the molecule is O=C1NC2(CCSCC2)C(=O)N1Cc1cn(-c2ccc(F)cc2)nn1. The number of hydrogen-bond acceptors (Lipinski definition) is 5. The number of nitrogens with zero attached hydrogens (tertiary/aromatic N) is 4. The van der Waals surface area contributed by atoms with Crippen LogP contribution in [0, 0.1) is 5.82 Å². The molecule has 0 aliphatic carbocycles. The van der Waals surface area contributed by atoms with Crippen LogP contribution in [0.1, 0.15) is 18.5 Å². The number of amides is 3. The third-order valence-corrected chi connectivity index (χ3v) is 5.53. The molecule has 2 aromatic rings. The smallest absolute Gasteiger partial charge is 0.323 e. The monoisotopic (exact) mass is 361 g/mol. The normalized spacial score (nSPS) is 19.5. The largest absolute Gasteiger partial charge is 0.325 e. The second kappa shape index (κ2) is 6.14. The lowest BCUT2D eigenvalue weighted by atomic mass is 9.92. The minimum atomic E-state index is -0.755. The first kappa shape index (κ1) is 16.1. The second-order valence-corrected chi connectivity index (χ2v) is 7.37. The Morgan fingerprint density at radius 1 is 1.20 bits per heavy atom. The number of hydrogen-bond donors (Lipinski definition) is 1. The van der Waals surface area contributed by atoms with Crippen molar-refractivity contribution < 1.29 is 14.0 Å². The van der Waals surface area contributed by atoms with Crippen molar-refractivity contribution in [1.82, 2.24) is 25.2 Å². The van der Waals surface area contributed by atoms with Crippen LogP contribution in [0.25, 0.3) is 5.69 Å². The van der Waals surface area contributed by atoms with Crippen LogP contribution in [0.5, 0.6) is 0 Å². The average Bonchev–Trinajstić information content (AvgIpc) is 3.16. The van der Waals surface area contributed by atoms with Gasteiger partial charge in [0.05, 0.1) is 18.4 Å². The first-order valence-corrected chi connectivity index (χ1v) is 9.12. The van der Waals surface area contributed by atoms with Gasteiger partial charge in [0.15, 0.2) is 0 Å². The van der Waals surface area contributed by atoms with E-state index in [4.69, 9.17) is 0 Å². The van der Waals surface area contributed by atoms with Gasteiger partial charge in [0.25, 0.3) is 5.91 Å². The van der Waals surface area contributed by atoms with E-state index in [1.807, 2.05) is 0 Å². The molecule has 0 saturated carbocycles. The highest BCUT2D eigenvalue weighted by Crippen LogP contribution is 2.33. The Kier molecular flexibility index (Phi) is 3.95. The van der Waals surface area contributed by atoms with E-state index in [2.05, 4.69) is 15.6 Å². The summed E-state index contributed by atoms with van der Waals surface area (Å²) >= 11 is 1.79. The molecule has 4 rings (SSSR count). The van der Waals surface area contributed by atoms with Gasteiger partial charge in [-0.15, -0.1) is 5.10 Å². The third-order valence-electron chi connectivity index (χ3n) is 4.54. The molecule has 0 unspecified atom stereocenters. The van der Waals surface area contributed by atoms with Crippen molar-refractivity contribution in [3.8, 4) is 5.69 Å². The topological polar surface area (TPSA) is 80.1 Å². The molecule has 0 radical (unpaired) electrons. The molecule has 1 aromatic carbocycles. The quantitative estimate of drug-likeness (QED) is 0.842. The Labute approximate surface area is 147 Å². The highest BCUT2D eigenvalue weighted by molar-refractivity contribution is 7.99. The van der Waals surface area contributed by atoms with Gasteiger partial charge in [-0.25, -0.2) is 13.9 Å². The van der Waals surface area contributed by atoms with Crippen molar-refractivity contribution in [2.75, 3.05) is 11.5 Å². The van der Waals surface area contributed by atoms with E-state index >= 15 is 0 Å². The number of carbonyl (C=O) groups is 2. The number of rotatable bonds is 3. The lowest BCUT2D eigenvalue weighted by Crippen LogP contribution is -2.49. The van der Waals surface area contributed by atoms with Gasteiger partial charge >= 0.3 is 6.03 Å². The van der Waals surface area contributed by atoms with Crippen molar-refractivity contribution in [2.45, 2.75) is 24.9 Å². The maximum Gasteiger partial charge on any atom is 0.325 e. The lowest BCUT2D eigenvalue weighted by molar-refractivity contribution is -0.132. The standard InChI is InChI=1S/C16H16FN5O2S/c17-11-1-3-13(4-2-11)22-10-12(19-20-22)9-21-14(23)16(18-15(21)24)5-7-25-8-6-16/h1-4,10H,5-9H2,(H,18,24). The molecule has 3 amide bonds. The van der Waals surface area contributed by atoms with Crippen molar-refractivity contribution in [1.29, 1.82) is 0 Å². The number of benzene rings is 1. The predicted molar refractivity (Wildman–Crippen MR) is 89.7 cm³/mol. The average molecular weight is 361 g/mol. The molecular formula is C16H16FN5O2S. The molecule has 1 N–H and O–H groups in total. The van der Waals surface area contributed by atoms with E-state index in [1.165, 1.54) is 21.7 Å². The second-order valence-electron chi connectivity index (χ2n) is 6.15. The van der Waals surface area contributed by atoms with Crippen LogP contribution in [0.15, 0.2) is 30.5 Å². The molecule has 3 heterocycles. The van der Waals surface area contributed by atoms with E-state index in [-0.39, 0.29) is 24.3 Å². The van der Waals surface area contributed by atoms with Crippen LogP contribution < -0.4 is 5.32 Å². The van der Waals surface area contributed by atoms with Crippen LogP contribution >= 0.6 is 11.8 Å². The van der Waals surface area contributed by atoms with E-state index in [0.717, 1.165) is 11.5 Å². The summed E-state index contributed by atoms with van der Waals surface area (Å²) in [5.74, 6) is 1.20. The molecule has 2 aliphatic rings. The molecule has 1 spiro atoms. The number of aromatic nitrogens is 3. The van der Waals surface area contributed by atoms with Gasteiger partial charge in [-0.3, -0.25) is 9.69 Å². The number of imide groups is 1. The van der Waals surface area contributed by atoms with Crippen LogP contribution in [-0.2, 0) is 11.3 Å². The summed E-state index contributed by atoms with van der Waals surface area (Å²) in [6.07, 6.45) is 2.94.